The fraction of sp³-hybridized carbons (Fsp3) is 0.522. The summed E-state index contributed by atoms with van der Waals surface area (Å²) in [5, 5.41) is 35.7. The average Bonchev–Trinajstić information content (AvgIpc) is 3.19. The molecule has 33 heavy (non-hydrogen) atoms. The highest BCUT2D eigenvalue weighted by molar-refractivity contribution is 7.93. The van der Waals surface area contributed by atoms with Gasteiger partial charge in [0.15, 0.2) is 0 Å². The van der Waals surface area contributed by atoms with Crippen molar-refractivity contribution in [2.45, 2.75) is 75.7 Å². The minimum atomic E-state index is -3.49. The van der Waals surface area contributed by atoms with Crippen LogP contribution in [0.25, 0.3) is 0 Å². The molecular weight excluding hydrogens is 460 g/mol. The Labute approximate surface area is 199 Å². The van der Waals surface area contributed by atoms with Crippen molar-refractivity contribution in [2.75, 3.05) is 6.54 Å². The predicted octanol–water partition coefficient (Wildman–Crippen LogP) is 3.66. The smallest absolute Gasteiger partial charge is 0.146 e. The van der Waals surface area contributed by atoms with Gasteiger partial charge in [-0.3, -0.25) is 0 Å². The van der Waals surface area contributed by atoms with Gasteiger partial charge in [0.25, 0.3) is 0 Å². The molecule has 10 heteroatoms. The van der Waals surface area contributed by atoms with E-state index < -0.39 is 28.0 Å². The highest BCUT2D eigenvalue weighted by Crippen LogP contribution is 2.35. The van der Waals surface area contributed by atoms with Gasteiger partial charge in [-0.05, 0) is 54.5 Å². The molecule has 0 aliphatic heterocycles. The summed E-state index contributed by atoms with van der Waals surface area (Å²) in [4.78, 5) is 16.3. The monoisotopic (exact) mass is 492 g/mol. The number of hydrogen-bond acceptors (Lipinski definition) is 8. The van der Waals surface area contributed by atoms with Crippen LogP contribution in [0.5, 0.6) is 0 Å². The zero-order valence-electron chi connectivity index (χ0n) is 19.8. The van der Waals surface area contributed by atoms with Crippen molar-refractivity contribution in [3.63, 3.8) is 0 Å². The van der Waals surface area contributed by atoms with Crippen LogP contribution in [-0.2, 0) is 26.9 Å². The van der Waals surface area contributed by atoms with Crippen molar-refractivity contribution in [1.82, 2.24) is 4.98 Å². The largest absolute Gasteiger partial charge is 0.390 e. The Morgan fingerprint density at radius 1 is 1.27 bits per heavy atom. The third-order valence-electron chi connectivity index (χ3n) is 5.22. The fourth-order valence-electron chi connectivity index (χ4n) is 3.53. The van der Waals surface area contributed by atoms with E-state index in [1.54, 1.807) is 12.1 Å². The zero-order valence-corrected chi connectivity index (χ0v) is 21.5. The van der Waals surface area contributed by atoms with Crippen LogP contribution in [0.1, 0.15) is 92.3 Å². The minimum Gasteiger partial charge on any atom is -0.390 e. The van der Waals surface area contributed by atoms with Gasteiger partial charge in [0.2, 0.25) is 0 Å². The number of nitrogens with zero attached hydrogens (tertiary/aromatic N) is 3. The molecule has 0 saturated carbocycles. The SMILES string of the molecule is CC(C)c1cc(C#N)cc(C(C)C)c1C(C=O)CN=S(N)(=O)c1sc(C(C)(C)O)nc1CO. The fourth-order valence-corrected chi connectivity index (χ4v) is 6.16. The van der Waals surface area contributed by atoms with E-state index >= 15 is 0 Å². The van der Waals surface area contributed by atoms with E-state index in [0.717, 1.165) is 34.3 Å². The van der Waals surface area contributed by atoms with Crippen LogP contribution in [0.15, 0.2) is 20.7 Å². The number of aldehydes is 1. The van der Waals surface area contributed by atoms with E-state index in [9.17, 15) is 24.5 Å². The van der Waals surface area contributed by atoms with Crippen molar-refractivity contribution in [1.29, 1.82) is 5.26 Å². The first-order chi connectivity index (χ1) is 15.3. The third-order valence-corrected chi connectivity index (χ3v) is 8.69. The Balaban J connectivity index is 2.62. The summed E-state index contributed by atoms with van der Waals surface area (Å²) in [7, 11) is -3.49. The lowest BCUT2D eigenvalue weighted by molar-refractivity contribution is -0.108. The van der Waals surface area contributed by atoms with E-state index in [4.69, 9.17) is 5.14 Å². The van der Waals surface area contributed by atoms with Crippen LogP contribution in [0.4, 0.5) is 0 Å². The Bertz CT molecular complexity index is 1150. The molecule has 0 spiro atoms. The number of aromatic nitrogens is 1. The minimum absolute atomic E-state index is 0.0484. The van der Waals surface area contributed by atoms with Crippen LogP contribution in [0.3, 0.4) is 0 Å². The summed E-state index contributed by atoms with van der Waals surface area (Å²) >= 11 is 0.934. The molecule has 2 atom stereocenters. The first-order valence-corrected chi connectivity index (χ1v) is 13.0. The Morgan fingerprint density at radius 3 is 2.21 bits per heavy atom. The molecule has 8 nitrogen and oxygen atoms in total. The standard InChI is InChI=1S/C23H32N4O4S2/c1-13(2)17-7-15(9-24)8-18(14(3)4)20(17)16(11-28)10-26-33(25,31)21-19(12-29)27-22(32-21)23(5,6)30/h7-8,11,13-14,16,29-30H,10,12H2,1-6H3,(H2,25,26,31). The van der Waals surface area contributed by atoms with Crippen LogP contribution in [0.2, 0.25) is 0 Å². The van der Waals surface area contributed by atoms with E-state index in [0.29, 0.717) is 5.56 Å². The Hall–Kier alpha value is -2.16. The molecule has 0 bridgehead atoms. The third kappa shape index (κ3) is 6.05. The topological polar surface area (TPSA) is 150 Å². The number of aliphatic hydroxyl groups excluding tert-OH is 1. The quantitative estimate of drug-likeness (QED) is 0.455. The van der Waals surface area contributed by atoms with Crippen LogP contribution in [-0.4, -0.2) is 32.2 Å². The molecule has 0 radical (unpaired) electrons. The van der Waals surface area contributed by atoms with Gasteiger partial charge in [-0.1, -0.05) is 27.7 Å². The van der Waals surface area contributed by atoms with Gasteiger partial charge in [-0.15, -0.1) is 11.3 Å². The van der Waals surface area contributed by atoms with Gasteiger partial charge >= 0.3 is 0 Å². The second-order valence-corrected chi connectivity index (χ2v) is 12.1. The van der Waals surface area contributed by atoms with E-state index in [1.807, 2.05) is 27.7 Å². The maximum absolute atomic E-state index is 13.3. The zero-order chi connectivity index (χ0) is 25.1. The second-order valence-electron chi connectivity index (χ2n) is 9.08. The number of hydrogen-bond donors (Lipinski definition) is 3. The molecule has 0 aliphatic rings. The number of nitrogens with two attached hydrogens (primary N) is 1. The molecule has 2 unspecified atom stereocenters. The number of aliphatic hydroxyl groups is 2. The van der Waals surface area contributed by atoms with Gasteiger partial charge in [-0.2, -0.15) is 5.26 Å². The maximum atomic E-state index is 13.3. The highest BCUT2D eigenvalue weighted by atomic mass is 32.2. The molecule has 0 fully saturated rings. The number of thiazole rings is 1. The number of benzene rings is 1. The van der Waals surface area contributed by atoms with E-state index in [2.05, 4.69) is 15.4 Å². The molecule has 0 aliphatic carbocycles. The van der Waals surface area contributed by atoms with Crippen molar-refractivity contribution in [2.24, 2.45) is 9.50 Å². The molecule has 0 saturated heterocycles. The molecule has 1 aromatic carbocycles. The lowest BCUT2D eigenvalue weighted by Crippen LogP contribution is -2.18. The van der Waals surface area contributed by atoms with Crippen LogP contribution >= 0.6 is 11.3 Å². The molecule has 0 amide bonds. The number of nitriles is 1. The number of carbonyl (C=O) groups excluding carboxylic acids is 1. The summed E-state index contributed by atoms with van der Waals surface area (Å²) in [5.74, 6) is -0.615. The van der Waals surface area contributed by atoms with Crippen molar-refractivity contribution >= 4 is 27.5 Å². The molecular formula is C23H32N4O4S2. The first-order valence-electron chi connectivity index (χ1n) is 10.6. The lowest BCUT2D eigenvalue weighted by atomic mass is 9.81. The molecule has 1 aromatic heterocycles. The van der Waals surface area contributed by atoms with E-state index in [1.165, 1.54) is 13.8 Å². The Kier molecular flexibility index (Phi) is 8.54. The summed E-state index contributed by atoms with van der Waals surface area (Å²) in [6.07, 6.45) is 0.764. The van der Waals surface area contributed by atoms with Gasteiger partial charge in [-0.25, -0.2) is 18.7 Å². The van der Waals surface area contributed by atoms with Gasteiger partial charge in [0.05, 0.1) is 36.4 Å². The molecule has 4 N–H and O–H groups in total. The average molecular weight is 493 g/mol. The molecule has 180 valence electrons. The summed E-state index contributed by atoms with van der Waals surface area (Å²) in [5.41, 5.74) is 1.83. The van der Waals surface area contributed by atoms with Crippen LogP contribution < -0.4 is 5.14 Å². The van der Waals surface area contributed by atoms with Gasteiger partial charge in [0.1, 0.15) is 31.0 Å². The second kappa shape index (κ2) is 10.4. The highest BCUT2D eigenvalue weighted by Gasteiger charge is 2.28. The summed E-state index contributed by atoms with van der Waals surface area (Å²) < 4.78 is 17.6. The van der Waals surface area contributed by atoms with Crippen molar-refractivity contribution in [3.8, 4) is 6.07 Å². The number of rotatable bonds is 9. The molecule has 2 rings (SSSR count). The molecule has 2 aromatic rings. The van der Waals surface area contributed by atoms with Gasteiger partial charge in [0, 0.05) is 0 Å². The summed E-state index contributed by atoms with van der Waals surface area (Å²) in [6.45, 7) is 10.4. The van der Waals surface area contributed by atoms with Crippen molar-refractivity contribution < 1.29 is 19.2 Å². The normalized spacial score (nSPS) is 14.7. The Morgan fingerprint density at radius 2 is 1.82 bits per heavy atom. The van der Waals surface area contributed by atoms with E-state index in [-0.39, 0.29) is 33.3 Å². The predicted molar refractivity (Wildman–Crippen MR) is 129 cm³/mol. The lowest BCUT2D eigenvalue weighted by Gasteiger charge is -2.23. The first kappa shape index (κ1) is 27.1. The van der Waals surface area contributed by atoms with Gasteiger partial charge < -0.3 is 15.0 Å². The van der Waals surface area contributed by atoms with Crippen LogP contribution in [0, 0.1) is 11.3 Å². The maximum Gasteiger partial charge on any atom is 0.146 e. The number of carbonyl (C=O) groups is 1. The molecule has 1 heterocycles. The summed E-state index contributed by atoms with van der Waals surface area (Å²) in [6, 6.07) is 5.74. The van der Waals surface area contributed by atoms with Crippen molar-refractivity contribution in [3.05, 3.63) is 45.1 Å².